The highest BCUT2D eigenvalue weighted by Gasteiger charge is 2.25. The summed E-state index contributed by atoms with van der Waals surface area (Å²) in [5.41, 5.74) is 1.74. The van der Waals surface area contributed by atoms with Gasteiger partial charge in [0, 0.05) is 4.47 Å². The molecule has 5 nitrogen and oxygen atoms in total. The lowest BCUT2D eigenvalue weighted by molar-refractivity contribution is -0.129. The molecule has 0 amide bonds. The number of aliphatic imine (C=N–C) groups is 1. The minimum Gasteiger partial charge on any atom is -0.490 e. The van der Waals surface area contributed by atoms with Crippen LogP contribution in [-0.4, -0.2) is 25.1 Å². The molecule has 0 fully saturated rings. The van der Waals surface area contributed by atoms with Crippen LogP contribution in [0.1, 0.15) is 25.0 Å². The van der Waals surface area contributed by atoms with Crippen LogP contribution < -0.4 is 9.47 Å². The fourth-order valence-electron chi connectivity index (χ4n) is 2.47. The highest BCUT2D eigenvalue weighted by molar-refractivity contribution is 9.10. The molecule has 2 aromatic carbocycles. The second kappa shape index (κ2) is 8.19. The maximum absolute atomic E-state index is 12.2. The first kappa shape index (κ1) is 18.2. The number of nitrogens with zero attached hydrogens (tertiary/aromatic N) is 1. The van der Waals surface area contributed by atoms with E-state index in [0.717, 1.165) is 15.6 Å². The number of rotatable bonds is 6. The van der Waals surface area contributed by atoms with Crippen LogP contribution in [0.4, 0.5) is 0 Å². The molecule has 0 N–H and O–H groups in total. The van der Waals surface area contributed by atoms with E-state index in [1.165, 1.54) is 0 Å². The Labute approximate surface area is 160 Å². The molecule has 0 unspecified atom stereocenters. The van der Waals surface area contributed by atoms with Gasteiger partial charge in [-0.3, -0.25) is 0 Å². The molecule has 1 heterocycles. The van der Waals surface area contributed by atoms with Gasteiger partial charge < -0.3 is 14.2 Å². The van der Waals surface area contributed by atoms with Gasteiger partial charge in [-0.1, -0.05) is 18.2 Å². The molecule has 3 rings (SSSR count). The molecular weight excluding hydrogens is 398 g/mol. The third kappa shape index (κ3) is 3.96. The average Bonchev–Trinajstić information content (AvgIpc) is 2.98. The molecule has 2 aromatic rings. The van der Waals surface area contributed by atoms with Crippen LogP contribution in [-0.2, 0) is 9.53 Å². The number of carbonyl (C=O) groups is 1. The lowest BCUT2D eigenvalue weighted by Crippen LogP contribution is -2.05. The maximum Gasteiger partial charge on any atom is 0.363 e. The Morgan fingerprint density at radius 2 is 1.81 bits per heavy atom. The first-order valence-corrected chi connectivity index (χ1v) is 9.08. The third-order valence-electron chi connectivity index (χ3n) is 3.60. The summed E-state index contributed by atoms with van der Waals surface area (Å²) < 4.78 is 17.3. The number of hydrogen-bond donors (Lipinski definition) is 0. The average molecular weight is 416 g/mol. The molecule has 0 saturated carbocycles. The quantitative estimate of drug-likeness (QED) is 0.511. The van der Waals surface area contributed by atoms with E-state index in [1.54, 1.807) is 6.08 Å². The van der Waals surface area contributed by atoms with Crippen molar-refractivity contribution >= 4 is 33.9 Å². The van der Waals surface area contributed by atoms with Crippen molar-refractivity contribution in [3.8, 4) is 11.5 Å². The summed E-state index contributed by atoms with van der Waals surface area (Å²) in [6.45, 7) is 4.89. The van der Waals surface area contributed by atoms with Gasteiger partial charge in [0.2, 0.25) is 5.90 Å². The van der Waals surface area contributed by atoms with Crippen molar-refractivity contribution in [3.05, 3.63) is 63.8 Å². The van der Waals surface area contributed by atoms with Gasteiger partial charge in [0.15, 0.2) is 17.2 Å². The number of hydrogen-bond acceptors (Lipinski definition) is 5. The maximum atomic E-state index is 12.2. The summed E-state index contributed by atoms with van der Waals surface area (Å²) in [6.07, 6.45) is 1.67. The van der Waals surface area contributed by atoms with Crippen molar-refractivity contribution in [2.24, 2.45) is 4.99 Å². The summed E-state index contributed by atoms with van der Waals surface area (Å²) in [6, 6.07) is 12.9. The third-order valence-corrected chi connectivity index (χ3v) is 4.29. The number of cyclic esters (lactones) is 1. The van der Waals surface area contributed by atoms with Crippen molar-refractivity contribution in [2.45, 2.75) is 13.8 Å². The van der Waals surface area contributed by atoms with Crippen LogP contribution >= 0.6 is 15.9 Å². The normalized spacial score (nSPS) is 15.0. The van der Waals surface area contributed by atoms with Gasteiger partial charge in [-0.05, 0) is 65.7 Å². The largest absolute Gasteiger partial charge is 0.490 e. The van der Waals surface area contributed by atoms with Gasteiger partial charge >= 0.3 is 5.97 Å². The predicted octanol–water partition coefficient (Wildman–Crippen LogP) is 4.59. The molecular formula is C20H18BrNO4. The van der Waals surface area contributed by atoms with E-state index in [1.807, 2.05) is 56.3 Å². The first-order chi connectivity index (χ1) is 12.6. The summed E-state index contributed by atoms with van der Waals surface area (Å²) in [7, 11) is 0. The van der Waals surface area contributed by atoms with Gasteiger partial charge in [-0.15, -0.1) is 0 Å². The predicted molar refractivity (Wildman–Crippen MR) is 104 cm³/mol. The van der Waals surface area contributed by atoms with E-state index in [2.05, 4.69) is 20.9 Å². The number of halogens is 1. The molecule has 6 heteroatoms. The molecule has 0 aromatic heterocycles. The van der Waals surface area contributed by atoms with Crippen LogP contribution in [0.5, 0.6) is 11.5 Å². The van der Waals surface area contributed by atoms with E-state index >= 15 is 0 Å². The molecule has 1 aliphatic rings. The van der Waals surface area contributed by atoms with E-state index < -0.39 is 5.97 Å². The van der Waals surface area contributed by atoms with Gasteiger partial charge in [-0.25, -0.2) is 9.79 Å². The Morgan fingerprint density at radius 3 is 2.54 bits per heavy atom. The molecule has 134 valence electrons. The molecule has 1 aliphatic heterocycles. The fraction of sp³-hybridized carbons (Fsp3) is 0.200. The van der Waals surface area contributed by atoms with Gasteiger partial charge in [-0.2, -0.15) is 0 Å². The Hall–Kier alpha value is -2.60. The topological polar surface area (TPSA) is 57.1 Å². The van der Waals surface area contributed by atoms with Crippen molar-refractivity contribution in [1.82, 2.24) is 0 Å². The van der Waals surface area contributed by atoms with Crippen LogP contribution in [0.3, 0.4) is 0 Å². The molecule has 0 spiro atoms. The van der Waals surface area contributed by atoms with Gasteiger partial charge in [0.05, 0.1) is 18.8 Å². The smallest absolute Gasteiger partial charge is 0.363 e. The summed E-state index contributed by atoms with van der Waals surface area (Å²) in [5, 5.41) is 0. The van der Waals surface area contributed by atoms with Crippen molar-refractivity contribution in [3.63, 3.8) is 0 Å². The molecule has 0 radical (unpaired) electrons. The Morgan fingerprint density at radius 1 is 1.08 bits per heavy atom. The minimum absolute atomic E-state index is 0.238. The Balaban J connectivity index is 1.93. The van der Waals surface area contributed by atoms with Crippen molar-refractivity contribution in [2.75, 3.05) is 13.2 Å². The Bertz CT molecular complexity index is 889. The molecule has 0 saturated heterocycles. The number of carbonyl (C=O) groups excluding carboxylic acids is 1. The zero-order valence-electron chi connectivity index (χ0n) is 14.5. The van der Waals surface area contributed by atoms with Crippen LogP contribution in [0, 0.1) is 0 Å². The van der Waals surface area contributed by atoms with Crippen molar-refractivity contribution in [1.29, 1.82) is 0 Å². The monoisotopic (exact) mass is 415 g/mol. The fourth-order valence-corrected chi connectivity index (χ4v) is 2.93. The van der Waals surface area contributed by atoms with E-state index in [-0.39, 0.29) is 11.6 Å². The molecule has 0 aliphatic carbocycles. The second-order valence-electron chi connectivity index (χ2n) is 5.39. The number of ether oxygens (including phenoxy) is 3. The van der Waals surface area contributed by atoms with Crippen LogP contribution in [0.15, 0.2) is 57.6 Å². The SMILES string of the molecule is CCOc1ccc(/C=C2\N=C(c3ccccc3Br)OC2=O)cc1OCC. The van der Waals surface area contributed by atoms with E-state index in [0.29, 0.717) is 24.7 Å². The van der Waals surface area contributed by atoms with Crippen molar-refractivity contribution < 1.29 is 19.0 Å². The zero-order chi connectivity index (χ0) is 18.5. The van der Waals surface area contributed by atoms with Crippen LogP contribution in [0.2, 0.25) is 0 Å². The summed E-state index contributed by atoms with van der Waals surface area (Å²) in [5.74, 6) is 1.10. The van der Waals surface area contributed by atoms with E-state index in [4.69, 9.17) is 14.2 Å². The first-order valence-electron chi connectivity index (χ1n) is 8.29. The van der Waals surface area contributed by atoms with E-state index in [9.17, 15) is 4.79 Å². The second-order valence-corrected chi connectivity index (χ2v) is 6.24. The highest BCUT2D eigenvalue weighted by atomic mass is 79.9. The highest BCUT2D eigenvalue weighted by Crippen LogP contribution is 2.30. The molecule has 0 bridgehead atoms. The van der Waals surface area contributed by atoms with Crippen LogP contribution in [0.25, 0.3) is 6.08 Å². The lowest BCUT2D eigenvalue weighted by Gasteiger charge is -2.11. The number of esters is 1. The standard InChI is InChI=1S/C20H18BrNO4/c1-3-24-17-10-9-13(12-18(17)25-4-2)11-16-20(23)26-19(22-16)14-7-5-6-8-15(14)21/h5-12H,3-4H2,1-2H3/b16-11-. The number of benzene rings is 2. The molecule has 26 heavy (non-hydrogen) atoms. The van der Waals surface area contributed by atoms with Gasteiger partial charge in [0.1, 0.15) is 0 Å². The zero-order valence-corrected chi connectivity index (χ0v) is 16.1. The molecule has 0 atom stereocenters. The van der Waals surface area contributed by atoms with Gasteiger partial charge in [0.25, 0.3) is 0 Å². The summed E-state index contributed by atoms with van der Waals surface area (Å²) >= 11 is 3.44. The minimum atomic E-state index is -0.484. The summed E-state index contributed by atoms with van der Waals surface area (Å²) in [4.78, 5) is 16.5. The lowest BCUT2D eigenvalue weighted by atomic mass is 10.1. The Kier molecular flexibility index (Phi) is 5.73.